The Hall–Kier alpha value is -3.34. The van der Waals surface area contributed by atoms with Gasteiger partial charge in [-0.05, 0) is 50.6 Å². The number of likely N-dealkylation sites (N-methyl/N-ethyl adjacent to an activating group) is 2. The molecule has 184 valence electrons. The zero-order chi connectivity index (χ0) is 24.8. The fourth-order valence-corrected chi connectivity index (χ4v) is 3.57. The highest BCUT2D eigenvalue weighted by Crippen LogP contribution is 2.29. The van der Waals surface area contributed by atoms with Crippen LogP contribution in [0, 0.1) is 17.6 Å². The van der Waals surface area contributed by atoms with Crippen LogP contribution < -0.4 is 4.74 Å². The van der Waals surface area contributed by atoms with Gasteiger partial charge in [0.1, 0.15) is 0 Å². The molecule has 0 radical (unpaired) electrons. The van der Waals surface area contributed by atoms with E-state index >= 15 is 0 Å². The van der Waals surface area contributed by atoms with Crippen molar-refractivity contribution >= 4 is 12.0 Å². The standard InChI is InChI=1S/C23H29F2N5O4/c1-28(2)8-9-29(3)22(31)21-26-12-17(13-27-21)16-10-18(24)20(19(25)11-16)34-14-15-4-6-30(7-5-15)23(32)33/h10-13,15H,4-9,14H2,1-3H3,(H,32,33). The third-order valence-corrected chi connectivity index (χ3v) is 5.75. The molecule has 1 fully saturated rings. The molecular weight excluding hydrogens is 448 g/mol. The molecule has 1 aromatic carbocycles. The van der Waals surface area contributed by atoms with E-state index < -0.39 is 23.5 Å². The van der Waals surface area contributed by atoms with Gasteiger partial charge in [-0.3, -0.25) is 4.79 Å². The minimum Gasteiger partial charge on any atom is -0.487 e. The van der Waals surface area contributed by atoms with Gasteiger partial charge in [0, 0.05) is 51.2 Å². The third-order valence-electron chi connectivity index (χ3n) is 5.75. The summed E-state index contributed by atoms with van der Waals surface area (Å²) in [5.74, 6) is -2.52. The summed E-state index contributed by atoms with van der Waals surface area (Å²) in [5.41, 5.74) is 0.579. The van der Waals surface area contributed by atoms with Crippen molar-refractivity contribution in [1.82, 2.24) is 24.7 Å². The fraction of sp³-hybridized carbons (Fsp3) is 0.478. The van der Waals surface area contributed by atoms with Crippen LogP contribution in [0.1, 0.15) is 23.5 Å². The number of ether oxygens (including phenoxy) is 1. The highest BCUT2D eigenvalue weighted by molar-refractivity contribution is 5.90. The van der Waals surface area contributed by atoms with Crippen molar-refractivity contribution in [2.24, 2.45) is 5.92 Å². The molecule has 34 heavy (non-hydrogen) atoms. The first-order valence-electron chi connectivity index (χ1n) is 11.0. The highest BCUT2D eigenvalue weighted by atomic mass is 19.1. The summed E-state index contributed by atoms with van der Waals surface area (Å²) < 4.78 is 34.7. The van der Waals surface area contributed by atoms with E-state index in [9.17, 15) is 18.4 Å². The average Bonchev–Trinajstić information content (AvgIpc) is 2.81. The molecule has 9 nitrogen and oxygen atoms in total. The molecular formula is C23H29F2N5O4. The minimum atomic E-state index is -0.968. The van der Waals surface area contributed by atoms with Crippen LogP contribution in [0.3, 0.4) is 0 Å². The number of rotatable bonds is 8. The summed E-state index contributed by atoms with van der Waals surface area (Å²) in [6.45, 7) is 2.04. The number of likely N-dealkylation sites (tertiary alicyclic amines) is 1. The number of amides is 2. The number of halogens is 2. The lowest BCUT2D eigenvalue weighted by Crippen LogP contribution is -2.38. The van der Waals surface area contributed by atoms with E-state index in [1.807, 2.05) is 19.0 Å². The number of aromatic nitrogens is 2. The molecule has 0 atom stereocenters. The summed E-state index contributed by atoms with van der Waals surface area (Å²) in [4.78, 5) is 36.3. The van der Waals surface area contributed by atoms with E-state index in [-0.39, 0.29) is 29.8 Å². The molecule has 1 saturated heterocycles. The molecule has 2 amide bonds. The second-order valence-electron chi connectivity index (χ2n) is 8.62. The number of hydrogen-bond acceptors (Lipinski definition) is 6. The van der Waals surface area contributed by atoms with Gasteiger partial charge >= 0.3 is 6.09 Å². The predicted molar refractivity (Wildman–Crippen MR) is 121 cm³/mol. The quantitative estimate of drug-likeness (QED) is 0.624. The smallest absolute Gasteiger partial charge is 0.407 e. The van der Waals surface area contributed by atoms with Crippen LogP contribution in [0.25, 0.3) is 11.1 Å². The first kappa shape index (κ1) is 25.3. The number of piperidine rings is 1. The van der Waals surface area contributed by atoms with E-state index in [0.717, 1.165) is 12.1 Å². The molecule has 2 heterocycles. The maximum atomic E-state index is 14.6. The Kier molecular flexibility index (Phi) is 8.32. The van der Waals surface area contributed by atoms with Crippen LogP contribution in [-0.2, 0) is 0 Å². The Bertz CT molecular complexity index is 988. The summed E-state index contributed by atoms with van der Waals surface area (Å²) >= 11 is 0. The normalized spacial score (nSPS) is 14.4. The van der Waals surface area contributed by atoms with Gasteiger partial charge in [0.2, 0.25) is 5.82 Å². The van der Waals surface area contributed by atoms with E-state index in [4.69, 9.17) is 9.84 Å². The van der Waals surface area contributed by atoms with E-state index in [1.54, 1.807) is 7.05 Å². The first-order chi connectivity index (χ1) is 16.2. The van der Waals surface area contributed by atoms with Crippen molar-refractivity contribution < 1.29 is 28.2 Å². The van der Waals surface area contributed by atoms with Gasteiger partial charge < -0.3 is 24.5 Å². The average molecular weight is 478 g/mol. The van der Waals surface area contributed by atoms with Crippen LogP contribution in [0.5, 0.6) is 5.75 Å². The van der Waals surface area contributed by atoms with Crippen molar-refractivity contribution in [3.8, 4) is 16.9 Å². The van der Waals surface area contributed by atoms with Crippen LogP contribution in [-0.4, -0.2) is 95.7 Å². The molecule has 2 aromatic rings. The molecule has 1 aliphatic rings. The lowest BCUT2D eigenvalue weighted by atomic mass is 9.98. The largest absolute Gasteiger partial charge is 0.487 e. The zero-order valence-electron chi connectivity index (χ0n) is 19.5. The molecule has 0 bridgehead atoms. The first-order valence-corrected chi connectivity index (χ1v) is 11.0. The van der Waals surface area contributed by atoms with Crippen molar-refractivity contribution in [3.05, 3.63) is 42.0 Å². The second kappa shape index (κ2) is 11.2. The van der Waals surface area contributed by atoms with Gasteiger partial charge in [0.15, 0.2) is 17.4 Å². The second-order valence-corrected chi connectivity index (χ2v) is 8.62. The van der Waals surface area contributed by atoms with Crippen molar-refractivity contribution in [1.29, 1.82) is 0 Å². The highest BCUT2D eigenvalue weighted by Gasteiger charge is 2.24. The molecule has 0 aliphatic carbocycles. The molecule has 11 heteroatoms. The molecule has 0 saturated carbocycles. The number of carboxylic acid groups (broad SMARTS) is 1. The number of benzene rings is 1. The third kappa shape index (κ3) is 6.37. The molecule has 1 aromatic heterocycles. The topological polar surface area (TPSA) is 99.1 Å². The maximum absolute atomic E-state index is 14.6. The molecule has 0 spiro atoms. The summed E-state index contributed by atoms with van der Waals surface area (Å²) in [7, 11) is 5.47. The number of carbonyl (C=O) groups is 2. The monoisotopic (exact) mass is 477 g/mol. The molecule has 1 N–H and O–H groups in total. The van der Waals surface area contributed by atoms with Crippen LogP contribution in [0.2, 0.25) is 0 Å². The Labute approximate surface area is 197 Å². The molecule has 3 rings (SSSR count). The van der Waals surface area contributed by atoms with E-state index in [0.29, 0.717) is 44.6 Å². The van der Waals surface area contributed by atoms with Gasteiger partial charge in [-0.1, -0.05) is 0 Å². The van der Waals surface area contributed by atoms with Gasteiger partial charge in [-0.25, -0.2) is 23.5 Å². The molecule has 1 aliphatic heterocycles. The van der Waals surface area contributed by atoms with Gasteiger partial charge in [0.25, 0.3) is 5.91 Å². The summed E-state index contributed by atoms with van der Waals surface area (Å²) in [6.07, 6.45) is 2.88. The van der Waals surface area contributed by atoms with Crippen molar-refractivity contribution in [2.45, 2.75) is 12.8 Å². The number of carbonyl (C=O) groups excluding carboxylic acids is 1. The van der Waals surface area contributed by atoms with Gasteiger partial charge in [-0.15, -0.1) is 0 Å². The maximum Gasteiger partial charge on any atom is 0.407 e. The zero-order valence-corrected chi connectivity index (χ0v) is 19.5. The Balaban J connectivity index is 1.63. The van der Waals surface area contributed by atoms with E-state index in [2.05, 4.69) is 9.97 Å². The van der Waals surface area contributed by atoms with Crippen molar-refractivity contribution in [2.75, 3.05) is 53.9 Å². The van der Waals surface area contributed by atoms with Gasteiger partial charge in [-0.2, -0.15) is 0 Å². The fourth-order valence-electron chi connectivity index (χ4n) is 3.57. The lowest BCUT2D eigenvalue weighted by Gasteiger charge is -2.29. The van der Waals surface area contributed by atoms with Crippen molar-refractivity contribution in [3.63, 3.8) is 0 Å². The van der Waals surface area contributed by atoms with Crippen LogP contribution >= 0.6 is 0 Å². The summed E-state index contributed by atoms with van der Waals surface area (Å²) in [6, 6.07) is 2.27. The van der Waals surface area contributed by atoms with Crippen LogP contribution in [0.15, 0.2) is 24.5 Å². The molecule has 0 unspecified atom stereocenters. The van der Waals surface area contributed by atoms with E-state index in [1.165, 1.54) is 22.2 Å². The lowest BCUT2D eigenvalue weighted by molar-refractivity contribution is 0.0774. The minimum absolute atomic E-state index is 0.000140. The SMILES string of the molecule is CN(C)CCN(C)C(=O)c1ncc(-c2cc(F)c(OCC3CCN(C(=O)O)CC3)c(F)c2)cn1. The summed E-state index contributed by atoms with van der Waals surface area (Å²) in [5, 5.41) is 9.00. The Morgan fingerprint density at radius 3 is 2.18 bits per heavy atom. The van der Waals surface area contributed by atoms with Gasteiger partial charge in [0.05, 0.1) is 6.61 Å². The predicted octanol–water partition coefficient (Wildman–Crippen LogP) is 2.82. The van der Waals surface area contributed by atoms with Crippen LogP contribution in [0.4, 0.5) is 13.6 Å². The number of nitrogens with zero attached hydrogens (tertiary/aromatic N) is 5. The Morgan fingerprint density at radius 1 is 1.06 bits per heavy atom. The Morgan fingerprint density at radius 2 is 1.65 bits per heavy atom. The number of hydrogen-bond donors (Lipinski definition) is 1.